The van der Waals surface area contributed by atoms with Crippen molar-refractivity contribution < 1.29 is 22.7 Å². The molecule has 1 aliphatic rings. The Balaban J connectivity index is 1.52. The van der Waals surface area contributed by atoms with Crippen molar-refractivity contribution in [1.82, 2.24) is 9.62 Å². The van der Waals surface area contributed by atoms with Gasteiger partial charge in [0, 0.05) is 12.1 Å². The first-order valence-electron chi connectivity index (χ1n) is 8.23. The zero-order valence-corrected chi connectivity index (χ0v) is 16.2. The highest BCUT2D eigenvalue weighted by atomic mass is 35.5. The average Bonchev–Trinajstić information content (AvgIpc) is 2.66. The van der Waals surface area contributed by atoms with Gasteiger partial charge in [0.15, 0.2) is 11.5 Å². The van der Waals surface area contributed by atoms with Gasteiger partial charge in [0.25, 0.3) is 0 Å². The van der Waals surface area contributed by atoms with Crippen LogP contribution in [0.5, 0.6) is 11.5 Å². The minimum absolute atomic E-state index is 0.0721. The number of halogens is 1. The lowest BCUT2D eigenvalue weighted by atomic mass is 10.2. The molecule has 1 aliphatic heterocycles. The third kappa shape index (κ3) is 4.71. The van der Waals surface area contributed by atoms with Crippen molar-refractivity contribution in [2.24, 2.45) is 0 Å². The van der Waals surface area contributed by atoms with Crippen molar-refractivity contribution >= 4 is 27.5 Å². The lowest BCUT2D eigenvalue weighted by molar-refractivity contribution is -0.121. The number of rotatable bonds is 6. The maximum Gasteiger partial charge on any atom is 0.243 e. The van der Waals surface area contributed by atoms with Crippen molar-refractivity contribution in [3.63, 3.8) is 0 Å². The predicted octanol–water partition coefficient (Wildman–Crippen LogP) is 1.92. The van der Waals surface area contributed by atoms with Crippen LogP contribution in [0.4, 0.5) is 0 Å². The highest BCUT2D eigenvalue weighted by Crippen LogP contribution is 2.30. The van der Waals surface area contributed by atoms with Crippen LogP contribution in [0.25, 0.3) is 0 Å². The molecule has 1 amide bonds. The third-order valence-electron chi connectivity index (χ3n) is 3.98. The summed E-state index contributed by atoms with van der Waals surface area (Å²) in [5.74, 6) is 0.844. The number of nitrogens with zero attached hydrogens (tertiary/aromatic N) is 1. The number of likely N-dealkylation sites (N-methyl/N-ethyl adjacent to an activating group) is 1. The minimum Gasteiger partial charge on any atom is -0.486 e. The van der Waals surface area contributed by atoms with Crippen LogP contribution in [0.15, 0.2) is 53.4 Å². The first-order chi connectivity index (χ1) is 12.9. The Kier molecular flexibility index (Phi) is 5.88. The second-order valence-corrected chi connectivity index (χ2v) is 8.50. The molecule has 9 heteroatoms. The second-order valence-electron chi connectivity index (χ2n) is 6.02. The molecule has 0 radical (unpaired) electrons. The molecule has 3 rings (SSSR count). The molecule has 2 aromatic rings. The van der Waals surface area contributed by atoms with Crippen LogP contribution < -0.4 is 14.8 Å². The van der Waals surface area contributed by atoms with Gasteiger partial charge in [-0.3, -0.25) is 4.79 Å². The average molecular weight is 411 g/mol. The molecular weight excluding hydrogens is 392 g/mol. The van der Waals surface area contributed by atoms with Crippen LogP contribution >= 0.6 is 11.6 Å². The molecular formula is C18H19ClN2O5S. The van der Waals surface area contributed by atoms with E-state index in [1.165, 1.54) is 31.3 Å². The topological polar surface area (TPSA) is 84.9 Å². The van der Waals surface area contributed by atoms with E-state index in [9.17, 15) is 13.2 Å². The van der Waals surface area contributed by atoms with Gasteiger partial charge in [-0.25, -0.2) is 8.42 Å². The number of amides is 1. The molecule has 0 saturated heterocycles. The van der Waals surface area contributed by atoms with Crippen LogP contribution in [-0.4, -0.2) is 51.5 Å². The van der Waals surface area contributed by atoms with E-state index in [-0.39, 0.29) is 24.1 Å². The molecule has 0 unspecified atom stereocenters. The van der Waals surface area contributed by atoms with Gasteiger partial charge >= 0.3 is 0 Å². The number of sulfonamides is 1. The number of fused-ring (bicyclic) bond motifs is 1. The van der Waals surface area contributed by atoms with E-state index in [4.69, 9.17) is 21.1 Å². The summed E-state index contributed by atoms with van der Waals surface area (Å²) in [6.45, 7) is 0.202. The normalized spacial score (nSPS) is 16.2. The lowest BCUT2D eigenvalue weighted by Crippen LogP contribution is -2.44. The predicted molar refractivity (Wildman–Crippen MR) is 101 cm³/mol. The minimum atomic E-state index is -3.78. The Hall–Kier alpha value is -2.29. The Morgan fingerprint density at radius 2 is 1.85 bits per heavy atom. The first kappa shape index (κ1) is 19.5. The fraction of sp³-hybridized carbons (Fsp3) is 0.278. The smallest absolute Gasteiger partial charge is 0.243 e. The second kappa shape index (κ2) is 8.16. The maximum atomic E-state index is 12.5. The molecule has 0 bridgehead atoms. The van der Waals surface area contributed by atoms with E-state index in [0.717, 1.165) is 4.31 Å². The van der Waals surface area contributed by atoms with Gasteiger partial charge in [-0.05, 0) is 36.4 Å². The number of para-hydroxylation sites is 2. The lowest BCUT2D eigenvalue weighted by Gasteiger charge is -2.26. The van der Waals surface area contributed by atoms with Gasteiger partial charge in [-0.1, -0.05) is 23.7 Å². The van der Waals surface area contributed by atoms with Gasteiger partial charge in [-0.15, -0.1) is 0 Å². The van der Waals surface area contributed by atoms with Crippen LogP contribution in [0.2, 0.25) is 5.02 Å². The molecule has 0 aliphatic carbocycles. The van der Waals surface area contributed by atoms with Crippen molar-refractivity contribution in [2.45, 2.75) is 11.0 Å². The van der Waals surface area contributed by atoms with Crippen LogP contribution in [0, 0.1) is 0 Å². The van der Waals surface area contributed by atoms with E-state index < -0.39 is 15.9 Å². The van der Waals surface area contributed by atoms with Gasteiger partial charge in [-0.2, -0.15) is 4.31 Å². The maximum absolute atomic E-state index is 12.5. The van der Waals surface area contributed by atoms with Crippen molar-refractivity contribution in [1.29, 1.82) is 0 Å². The molecule has 27 heavy (non-hydrogen) atoms. The number of nitrogens with one attached hydrogen (secondary N) is 1. The third-order valence-corrected chi connectivity index (χ3v) is 6.05. The monoisotopic (exact) mass is 410 g/mol. The molecule has 0 fully saturated rings. The van der Waals surface area contributed by atoms with Gasteiger partial charge < -0.3 is 14.8 Å². The van der Waals surface area contributed by atoms with Crippen molar-refractivity contribution in [3.05, 3.63) is 53.6 Å². The number of ether oxygens (including phenoxy) is 2. The van der Waals surface area contributed by atoms with Crippen LogP contribution in [0.1, 0.15) is 0 Å². The van der Waals surface area contributed by atoms with Gasteiger partial charge in [0.2, 0.25) is 15.9 Å². The van der Waals surface area contributed by atoms with E-state index in [0.29, 0.717) is 23.1 Å². The molecule has 0 spiro atoms. The van der Waals surface area contributed by atoms with E-state index >= 15 is 0 Å². The first-order valence-corrected chi connectivity index (χ1v) is 10.0. The van der Waals surface area contributed by atoms with Crippen LogP contribution in [0.3, 0.4) is 0 Å². The Morgan fingerprint density at radius 1 is 1.19 bits per heavy atom. The summed E-state index contributed by atoms with van der Waals surface area (Å²) < 4.78 is 37.3. The Bertz CT molecular complexity index is 918. The summed E-state index contributed by atoms with van der Waals surface area (Å²) in [5, 5.41) is 3.11. The van der Waals surface area contributed by atoms with E-state index in [1.807, 2.05) is 12.1 Å². The van der Waals surface area contributed by atoms with Crippen molar-refractivity contribution in [3.8, 4) is 11.5 Å². The largest absolute Gasteiger partial charge is 0.486 e. The number of hydrogen-bond acceptors (Lipinski definition) is 5. The molecule has 1 N–H and O–H groups in total. The molecule has 0 saturated carbocycles. The SMILES string of the molecule is CN(CC(=O)NC[C@@H]1COc2ccccc2O1)S(=O)(=O)c1ccc(Cl)cc1. The molecule has 1 heterocycles. The summed E-state index contributed by atoms with van der Waals surface area (Å²) in [4.78, 5) is 12.2. The van der Waals surface area contributed by atoms with Gasteiger partial charge in [0.05, 0.1) is 18.0 Å². The molecule has 0 aromatic heterocycles. The molecule has 144 valence electrons. The highest BCUT2D eigenvalue weighted by Gasteiger charge is 2.24. The Morgan fingerprint density at radius 3 is 2.56 bits per heavy atom. The number of hydrogen-bond donors (Lipinski definition) is 1. The summed E-state index contributed by atoms with van der Waals surface area (Å²) in [6.07, 6.45) is -0.345. The van der Waals surface area contributed by atoms with E-state index in [1.54, 1.807) is 12.1 Å². The molecule has 2 aromatic carbocycles. The summed E-state index contributed by atoms with van der Waals surface area (Å²) in [6, 6.07) is 13.0. The summed E-state index contributed by atoms with van der Waals surface area (Å²) >= 11 is 5.78. The van der Waals surface area contributed by atoms with E-state index in [2.05, 4.69) is 5.32 Å². The Labute approximate surface area is 162 Å². The van der Waals surface area contributed by atoms with Gasteiger partial charge in [0.1, 0.15) is 12.7 Å². The summed E-state index contributed by atoms with van der Waals surface area (Å²) in [5.41, 5.74) is 0. The molecule has 7 nitrogen and oxygen atoms in total. The zero-order chi connectivity index (χ0) is 19.4. The zero-order valence-electron chi connectivity index (χ0n) is 14.6. The number of carbonyl (C=O) groups is 1. The highest BCUT2D eigenvalue weighted by molar-refractivity contribution is 7.89. The van der Waals surface area contributed by atoms with Crippen LogP contribution in [-0.2, 0) is 14.8 Å². The molecule has 1 atom stereocenters. The quantitative estimate of drug-likeness (QED) is 0.786. The fourth-order valence-corrected chi connectivity index (χ4v) is 3.77. The number of carbonyl (C=O) groups excluding carboxylic acids is 1. The summed E-state index contributed by atoms with van der Waals surface area (Å²) in [7, 11) is -2.43. The van der Waals surface area contributed by atoms with Crippen molar-refractivity contribution in [2.75, 3.05) is 26.7 Å². The standard InChI is InChI=1S/C18H19ClN2O5S/c1-21(27(23,24)15-8-6-13(19)7-9-15)11-18(22)20-10-14-12-25-16-4-2-3-5-17(16)26-14/h2-9,14H,10-12H2,1H3,(H,20,22)/t14-/m1/s1. The fourth-order valence-electron chi connectivity index (χ4n) is 2.52. The number of benzene rings is 2.